The van der Waals surface area contributed by atoms with Gasteiger partial charge in [0.25, 0.3) is 10.1 Å². The van der Waals surface area contributed by atoms with Gasteiger partial charge in [-0.15, -0.1) is 0 Å². The number of rotatable bonds is 10. The molecular weight excluding hydrogens is 352 g/mol. The van der Waals surface area contributed by atoms with Crippen LogP contribution in [-0.4, -0.2) is 18.1 Å². The number of phenols is 1. The molecule has 26 heavy (non-hydrogen) atoms. The maximum absolute atomic E-state index is 11.4. The fourth-order valence-corrected chi connectivity index (χ4v) is 3.31. The normalized spacial score (nSPS) is 11.5. The zero-order chi connectivity index (χ0) is 19.0. The molecule has 0 radical (unpaired) electrons. The molecule has 0 aliphatic rings. The molecule has 0 saturated carbocycles. The molecule has 2 aromatic carbocycles. The highest BCUT2D eigenvalue weighted by molar-refractivity contribution is 7.85. The monoisotopic (exact) mass is 378 g/mol. The van der Waals surface area contributed by atoms with Crippen molar-refractivity contribution in [1.29, 1.82) is 0 Å². The molecule has 2 rings (SSSR count). The fourth-order valence-electron chi connectivity index (χ4n) is 2.78. The average molecular weight is 378 g/mol. The van der Waals surface area contributed by atoms with Crippen LogP contribution in [-0.2, 0) is 16.5 Å². The smallest absolute Gasteiger partial charge is 0.294 e. The third-order valence-electron chi connectivity index (χ3n) is 4.17. The van der Waals surface area contributed by atoms with Crippen LogP contribution in [0.5, 0.6) is 17.2 Å². The van der Waals surface area contributed by atoms with Gasteiger partial charge in [-0.3, -0.25) is 4.55 Å². The van der Waals surface area contributed by atoms with E-state index in [-0.39, 0.29) is 10.6 Å². The Hall–Kier alpha value is -2.05. The summed E-state index contributed by atoms with van der Waals surface area (Å²) >= 11 is 0. The Bertz CT molecular complexity index is 815. The van der Waals surface area contributed by atoms with Crippen LogP contribution < -0.4 is 4.74 Å². The van der Waals surface area contributed by atoms with Gasteiger partial charge < -0.3 is 9.84 Å². The van der Waals surface area contributed by atoms with Crippen molar-refractivity contribution in [2.45, 2.75) is 56.8 Å². The highest BCUT2D eigenvalue weighted by Crippen LogP contribution is 2.30. The third kappa shape index (κ3) is 6.35. The average Bonchev–Trinajstić information content (AvgIpc) is 2.58. The Kier molecular flexibility index (Phi) is 7.48. The van der Waals surface area contributed by atoms with Crippen LogP contribution in [0.25, 0.3) is 0 Å². The molecule has 0 aliphatic carbocycles. The molecule has 0 amide bonds. The van der Waals surface area contributed by atoms with Gasteiger partial charge in [0, 0.05) is 6.07 Å². The number of aromatic hydroxyl groups is 1. The molecule has 0 fully saturated rings. The lowest BCUT2D eigenvalue weighted by molar-refractivity contribution is 0.451. The summed E-state index contributed by atoms with van der Waals surface area (Å²) in [6, 6.07) is 10.7. The van der Waals surface area contributed by atoms with Crippen molar-refractivity contribution in [3.05, 3.63) is 48.0 Å². The SMILES string of the molecule is CCCCCCCCc1cc(S(=O)(=O)O)ccc1Oc1cccc(O)c1. The maximum Gasteiger partial charge on any atom is 0.294 e. The molecule has 0 spiro atoms. The number of hydrogen-bond donors (Lipinski definition) is 2. The van der Waals surface area contributed by atoms with Crippen molar-refractivity contribution in [2.75, 3.05) is 0 Å². The Morgan fingerprint density at radius 3 is 2.38 bits per heavy atom. The van der Waals surface area contributed by atoms with Crippen molar-refractivity contribution in [1.82, 2.24) is 0 Å². The lowest BCUT2D eigenvalue weighted by Crippen LogP contribution is -2.01. The van der Waals surface area contributed by atoms with Gasteiger partial charge in [-0.2, -0.15) is 8.42 Å². The Balaban J connectivity index is 2.14. The summed E-state index contributed by atoms with van der Waals surface area (Å²) < 4.78 is 38.0. The Morgan fingerprint density at radius 1 is 0.962 bits per heavy atom. The van der Waals surface area contributed by atoms with Gasteiger partial charge in [0.15, 0.2) is 0 Å². The summed E-state index contributed by atoms with van der Waals surface area (Å²) in [6.45, 7) is 2.17. The zero-order valence-corrected chi connectivity index (χ0v) is 15.8. The van der Waals surface area contributed by atoms with E-state index in [2.05, 4.69) is 6.92 Å². The van der Waals surface area contributed by atoms with E-state index in [9.17, 15) is 18.1 Å². The van der Waals surface area contributed by atoms with Gasteiger partial charge in [0.2, 0.25) is 0 Å². The minimum atomic E-state index is -4.26. The van der Waals surface area contributed by atoms with Crippen LogP contribution in [0.15, 0.2) is 47.4 Å². The van der Waals surface area contributed by atoms with Crippen LogP contribution in [0.1, 0.15) is 51.0 Å². The highest BCUT2D eigenvalue weighted by Gasteiger charge is 2.14. The second kappa shape index (κ2) is 9.59. The molecule has 0 heterocycles. The van der Waals surface area contributed by atoms with Gasteiger partial charge in [-0.1, -0.05) is 45.1 Å². The van der Waals surface area contributed by atoms with Crippen LogP contribution >= 0.6 is 0 Å². The van der Waals surface area contributed by atoms with Gasteiger partial charge in [0.1, 0.15) is 17.2 Å². The predicted octanol–water partition coefficient (Wildman–Crippen LogP) is 5.33. The fraction of sp³-hybridized carbons (Fsp3) is 0.400. The molecular formula is C20H26O5S. The van der Waals surface area contributed by atoms with Crippen molar-refractivity contribution >= 4 is 10.1 Å². The predicted molar refractivity (Wildman–Crippen MR) is 102 cm³/mol. The summed E-state index contributed by atoms with van der Waals surface area (Å²) in [6.07, 6.45) is 7.39. The van der Waals surface area contributed by atoms with E-state index in [1.165, 1.54) is 37.5 Å². The van der Waals surface area contributed by atoms with E-state index in [0.29, 0.717) is 17.9 Å². The second-order valence-corrected chi connectivity index (χ2v) is 7.78. The van der Waals surface area contributed by atoms with Gasteiger partial charge in [-0.25, -0.2) is 0 Å². The summed E-state index contributed by atoms with van der Waals surface area (Å²) in [5.41, 5.74) is 0.721. The molecule has 2 aromatic rings. The van der Waals surface area contributed by atoms with Gasteiger partial charge >= 0.3 is 0 Å². The van der Waals surface area contributed by atoms with Gasteiger partial charge in [0.05, 0.1) is 4.90 Å². The largest absolute Gasteiger partial charge is 0.508 e. The van der Waals surface area contributed by atoms with Crippen molar-refractivity contribution in [3.8, 4) is 17.2 Å². The van der Waals surface area contributed by atoms with Crippen LogP contribution in [0.3, 0.4) is 0 Å². The molecule has 0 unspecified atom stereocenters. The van der Waals surface area contributed by atoms with E-state index in [4.69, 9.17) is 4.74 Å². The Morgan fingerprint density at radius 2 is 1.69 bits per heavy atom. The number of hydrogen-bond acceptors (Lipinski definition) is 4. The van der Waals surface area contributed by atoms with Crippen molar-refractivity contribution in [3.63, 3.8) is 0 Å². The van der Waals surface area contributed by atoms with Crippen molar-refractivity contribution < 1.29 is 22.8 Å². The first-order chi connectivity index (χ1) is 12.4. The number of aryl methyl sites for hydroxylation is 1. The zero-order valence-electron chi connectivity index (χ0n) is 15.0. The van der Waals surface area contributed by atoms with E-state index >= 15 is 0 Å². The van der Waals surface area contributed by atoms with Crippen LogP contribution in [0.4, 0.5) is 0 Å². The van der Waals surface area contributed by atoms with E-state index in [1.54, 1.807) is 24.3 Å². The highest BCUT2D eigenvalue weighted by atomic mass is 32.2. The summed E-state index contributed by atoms with van der Waals surface area (Å²) in [5, 5.41) is 9.56. The molecule has 6 heteroatoms. The second-order valence-electron chi connectivity index (χ2n) is 6.36. The number of unbranched alkanes of at least 4 members (excludes halogenated alkanes) is 5. The topological polar surface area (TPSA) is 83.8 Å². The molecule has 2 N–H and O–H groups in total. The molecule has 0 saturated heterocycles. The molecule has 0 aliphatic heterocycles. The van der Waals surface area contributed by atoms with E-state index in [1.807, 2.05) is 0 Å². The number of benzene rings is 2. The number of ether oxygens (including phenoxy) is 1. The molecule has 0 bridgehead atoms. The maximum atomic E-state index is 11.4. The molecule has 0 aromatic heterocycles. The van der Waals surface area contributed by atoms with Crippen LogP contribution in [0, 0.1) is 0 Å². The lowest BCUT2D eigenvalue weighted by atomic mass is 10.0. The molecule has 5 nitrogen and oxygen atoms in total. The summed E-state index contributed by atoms with van der Waals surface area (Å²) in [7, 11) is -4.26. The molecule has 0 atom stereocenters. The first-order valence-electron chi connectivity index (χ1n) is 8.97. The van der Waals surface area contributed by atoms with Crippen LogP contribution in [0.2, 0.25) is 0 Å². The van der Waals surface area contributed by atoms with E-state index < -0.39 is 10.1 Å². The quantitative estimate of drug-likeness (QED) is 0.431. The number of phenolic OH excluding ortho intramolecular Hbond substituents is 1. The first kappa shape index (κ1) is 20.3. The Labute approximate surface area is 155 Å². The summed E-state index contributed by atoms with van der Waals surface area (Å²) in [5.74, 6) is 1.08. The minimum Gasteiger partial charge on any atom is -0.508 e. The van der Waals surface area contributed by atoms with Gasteiger partial charge in [-0.05, 0) is 48.7 Å². The molecule has 142 valence electrons. The standard InChI is InChI=1S/C20H26O5S/c1-2-3-4-5-6-7-9-16-14-19(26(22,23)24)12-13-20(16)25-18-11-8-10-17(21)15-18/h8,10-15,21H,2-7,9H2,1H3,(H,22,23,24). The summed E-state index contributed by atoms with van der Waals surface area (Å²) in [4.78, 5) is -0.137. The third-order valence-corrected chi connectivity index (χ3v) is 5.02. The van der Waals surface area contributed by atoms with Crippen molar-refractivity contribution in [2.24, 2.45) is 0 Å². The van der Waals surface area contributed by atoms with E-state index in [0.717, 1.165) is 24.8 Å². The lowest BCUT2D eigenvalue weighted by Gasteiger charge is -2.13. The first-order valence-corrected chi connectivity index (χ1v) is 10.4. The minimum absolute atomic E-state index is 0.0922.